The Balaban J connectivity index is 1.75. The molecule has 2 fully saturated rings. The lowest BCUT2D eigenvalue weighted by Gasteiger charge is -2.26. The van der Waals surface area contributed by atoms with E-state index < -0.39 is 0 Å². The first-order chi connectivity index (χ1) is 9.13. The molecule has 4 nitrogen and oxygen atoms in total. The summed E-state index contributed by atoms with van der Waals surface area (Å²) in [6.45, 7) is 4.51. The molecule has 3 unspecified atom stereocenters. The second-order valence-electron chi connectivity index (χ2n) is 5.51. The van der Waals surface area contributed by atoms with E-state index >= 15 is 0 Å². The van der Waals surface area contributed by atoms with Gasteiger partial charge in [-0.25, -0.2) is 4.79 Å². The summed E-state index contributed by atoms with van der Waals surface area (Å²) in [6, 6.07) is 0.842. The highest BCUT2D eigenvalue weighted by Crippen LogP contribution is 2.37. The number of Topliss-reactive ketones (excluding diaryl/α,β-unsaturated/α-hetero) is 1. The van der Waals surface area contributed by atoms with Gasteiger partial charge < -0.3 is 15.0 Å². The van der Waals surface area contributed by atoms with Crippen molar-refractivity contribution in [2.75, 3.05) is 12.3 Å². The molecule has 19 heavy (non-hydrogen) atoms. The number of hydrogen-bond donors (Lipinski definition) is 1. The number of ketones is 1. The van der Waals surface area contributed by atoms with Crippen LogP contribution in [0.15, 0.2) is 0 Å². The van der Waals surface area contributed by atoms with Crippen molar-refractivity contribution in [3.8, 4) is 0 Å². The molecule has 0 aromatic carbocycles. The summed E-state index contributed by atoms with van der Waals surface area (Å²) in [5.41, 5.74) is 0. The van der Waals surface area contributed by atoms with E-state index in [1.165, 1.54) is 6.42 Å². The Morgan fingerprint density at radius 2 is 2.21 bits per heavy atom. The molecule has 0 aliphatic carbocycles. The summed E-state index contributed by atoms with van der Waals surface area (Å²) < 4.78 is 0. The first kappa shape index (κ1) is 14.7. The average Bonchev–Trinajstić information content (AvgIpc) is 2.87. The highest BCUT2D eigenvalue weighted by Gasteiger charge is 2.47. The first-order valence-corrected chi connectivity index (χ1v) is 8.36. The quantitative estimate of drug-likeness (QED) is 0.577. The molecule has 2 saturated heterocycles. The average molecular weight is 284 g/mol. The molecule has 5 heteroatoms. The van der Waals surface area contributed by atoms with E-state index in [2.05, 4.69) is 12.2 Å². The predicted molar refractivity (Wildman–Crippen MR) is 78.5 cm³/mol. The molecule has 2 heterocycles. The molecule has 0 spiro atoms. The predicted octanol–water partition coefficient (Wildman–Crippen LogP) is 2.42. The summed E-state index contributed by atoms with van der Waals surface area (Å²) in [4.78, 5) is 24.6. The highest BCUT2D eigenvalue weighted by molar-refractivity contribution is 8.00. The van der Waals surface area contributed by atoms with Crippen LogP contribution in [0.2, 0.25) is 0 Å². The van der Waals surface area contributed by atoms with Crippen LogP contribution >= 0.6 is 11.8 Å². The normalized spacial score (nSPS) is 29.5. The minimum Gasteiger partial charge on any atom is -0.332 e. The molecule has 1 N–H and O–H groups in total. The van der Waals surface area contributed by atoms with E-state index in [1.54, 1.807) is 6.92 Å². The highest BCUT2D eigenvalue weighted by atomic mass is 32.2. The number of unbranched alkanes of at least 4 members (excludes halogenated alkanes) is 2. The van der Waals surface area contributed by atoms with Crippen LogP contribution in [0.3, 0.4) is 0 Å². The maximum Gasteiger partial charge on any atom is 0.318 e. The van der Waals surface area contributed by atoms with Crippen molar-refractivity contribution in [2.24, 2.45) is 0 Å². The topological polar surface area (TPSA) is 49.4 Å². The lowest BCUT2D eigenvalue weighted by molar-refractivity contribution is -0.117. The molecule has 0 aromatic heterocycles. The summed E-state index contributed by atoms with van der Waals surface area (Å²) >= 11 is 2.00. The third-order valence-electron chi connectivity index (χ3n) is 4.07. The van der Waals surface area contributed by atoms with Gasteiger partial charge in [-0.1, -0.05) is 12.8 Å². The van der Waals surface area contributed by atoms with Crippen molar-refractivity contribution in [3.63, 3.8) is 0 Å². The standard InChI is InChI=1S/C14H24N2O2S/c1-3-16-13-11(15-14(16)18)9-19-12(13)8-6-4-5-7-10(2)17/h11-13H,3-9H2,1-2H3,(H,15,18). The van der Waals surface area contributed by atoms with Gasteiger partial charge in [0.05, 0.1) is 12.1 Å². The van der Waals surface area contributed by atoms with Crippen molar-refractivity contribution in [2.45, 2.75) is 63.3 Å². The molecule has 2 amide bonds. The molecular weight excluding hydrogens is 260 g/mol. The van der Waals surface area contributed by atoms with Gasteiger partial charge in [0.1, 0.15) is 5.78 Å². The lowest BCUT2D eigenvalue weighted by Crippen LogP contribution is -2.40. The minimum absolute atomic E-state index is 0.111. The Labute approximate surface area is 119 Å². The van der Waals surface area contributed by atoms with Crippen molar-refractivity contribution < 1.29 is 9.59 Å². The second kappa shape index (κ2) is 6.64. The van der Waals surface area contributed by atoms with Crippen LogP contribution in [-0.2, 0) is 4.79 Å². The maximum absolute atomic E-state index is 11.8. The molecule has 3 atom stereocenters. The van der Waals surface area contributed by atoms with Crippen LogP contribution < -0.4 is 5.32 Å². The number of nitrogens with zero attached hydrogens (tertiary/aromatic N) is 1. The number of fused-ring (bicyclic) bond motifs is 1. The van der Waals surface area contributed by atoms with E-state index in [0.717, 1.165) is 31.6 Å². The third kappa shape index (κ3) is 3.44. The monoisotopic (exact) mass is 284 g/mol. The maximum atomic E-state index is 11.8. The van der Waals surface area contributed by atoms with Crippen LogP contribution in [0.1, 0.15) is 46.0 Å². The summed E-state index contributed by atoms with van der Waals surface area (Å²) in [5.74, 6) is 1.34. The van der Waals surface area contributed by atoms with Crippen LogP contribution in [0.4, 0.5) is 4.79 Å². The molecular formula is C14H24N2O2S. The molecule has 2 rings (SSSR count). The third-order valence-corrected chi connectivity index (χ3v) is 5.57. The van der Waals surface area contributed by atoms with Gasteiger partial charge in [-0.05, 0) is 26.7 Å². The van der Waals surface area contributed by atoms with Gasteiger partial charge >= 0.3 is 6.03 Å². The Bertz CT molecular complexity index is 348. The number of carbonyl (C=O) groups is 2. The van der Waals surface area contributed by atoms with Gasteiger partial charge in [0.25, 0.3) is 0 Å². The summed E-state index contributed by atoms with van der Waals surface area (Å²) in [7, 11) is 0. The zero-order valence-electron chi connectivity index (χ0n) is 11.9. The van der Waals surface area contributed by atoms with E-state index in [-0.39, 0.29) is 11.8 Å². The Hall–Kier alpha value is -0.710. The minimum atomic E-state index is 0.111. The molecule has 108 valence electrons. The van der Waals surface area contributed by atoms with Crippen molar-refractivity contribution in [1.29, 1.82) is 0 Å². The smallest absolute Gasteiger partial charge is 0.318 e. The largest absolute Gasteiger partial charge is 0.332 e. The SMILES string of the molecule is CCN1C(=O)NC2CSC(CCCCCC(C)=O)C21. The molecule has 0 aromatic rings. The fourth-order valence-corrected chi connectivity index (χ4v) is 4.71. The fraction of sp³-hybridized carbons (Fsp3) is 0.857. The Morgan fingerprint density at radius 3 is 2.89 bits per heavy atom. The number of urea groups is 1. The van der Waals surface area contributed by atoms with Crippen molar-refractivity contribution in [3.05, 3.63) is 0 Å². The molecule has 0 radical (unpaired) electrons. The van der Waals surface area contributed by atoms with Gasteiger partial charge in [0.2, 0.25) is 0 Å². The number of hydrogen-bond acceptors (Lipinski definition) is 3. The Morgan fingerprint density at radius 1 is 1.42 bits per heavy atom. The van der Waals surface area contributed by atoms with Crippen LogP contribution in [0, 0.1) is 0 Å². The van der Waals surface area contributed by atoms with Crippen LogP contribution in [0.5, 0.6) is 0 Å². The Kier molecular flexibility index (Phi) is 5.13. The number of likely N-dealkylation sites (N-methyl/N-ethyl adjacent to an activating group) is 1. The molecule has 2 aliphatic heterocycles. The fourth-order valence-electron chi connectivity index (χ4n) is 3.11. The van der Waals surface area contributed by atoms with Gasteiger partial charge in [0.15, 0.2) is 0 Å². The molecule has 2 aliphatic rings. The zero-order valence-corrected chi connectivity index (χ0v) is 12.7. The summed E-state index contributed by atoms with van der Waals surface area (Å²) in [5, 5.41) is 3.66. The number of rotatable bonds is 7. The van der Waals surface area contributed by atoms with Crippen LogP contribution in [-0.4, -0.2) is 46.3 Å². The van der Waals surface area contributed by atoms with Gasteiger partial charge in [-0.15, -0.1) is 0 Å². The zero-order chi connectivity index (χ0) is 13.8. The number of carbonyl (C=O) groups excluding carboxylic acids is 2. The van der Waals surface area contributed by atoms with E-state index in [1.807, 2.05) is 16.7 Å². The number of thioether (sulfide) groups is 1. The van der Waals surface area contributed by atoms with E-state index in [4.69, 9.17) is 0 Å². The van der Waals surface area contributed by atoms with Gasteiger partial charge in [-0.2, -0.15) is 11.8 Å². The van der Waals surface area contributed by atoms with Crippen LogP contribution in [0.25, 0.3) is 0 Å². The van der Waals surface area contributed by atoms with Gasteiger partial charge in [-0.3, -0.25) is 0 Å². The molecule has 0 bridgehead atoms. The van der Waals surface area contributed by atoms with Crippen molar-refractivity contribution in [1.82, 2.24) is 10.2 Å². The number of nitrogens with one attached hydrogen (secondary N) is 1. The number of amides is 2. The van der Waals surface area contributed by atoms with E-state index in [0.29, 0.717) is 23.8 Å². The summed E-state index contributed by atoms with van der Waals surface area (Å²) in [6.07, 6.45) is 5.18. The van der Waals surface area contributed by atoms with Crippen molar-refractivity contribution >= 4 is 23.6 Å². The van der Waals surface area contributed by atoms with Gasteiger partial charge in [0, 0.05) is 24.0 Å². The molecule has 0 saturated carbocycles. The first-order valence-electron chi connectivity index (χ1n) is 7.31. The lowest BCUT2D eigenvalue weighted by atomic mass is 10.0. The van der Waals surface area contributed by atoms with E-state index in [9.17, 15) is 9.59 Å². The second-order valence-corrected chi connectivity index (χ2v) is 6.78.